The number of hydrogen-bond donors (Lipinski definition) is 1. The Labute approximate surface area is 206 Å². The molecule has 4 rings (SSSR count). The molecule has 0 radical (unpaired) electrons. The first-order valence-electron chi connectivity index (χ1n) is 10.4. The Bertz CT molecular complexity index is 1290. The van der Waals surface area contributed by atoms with Crippen molar-refractivity contribution in [2.75, 3.05) is 5.32 Å². The third kappa shape index (κ3) is 4.71. The van der Waals surface area contributed by atoms with Crippen molar-refractivity contribution in [2.45, 2.75) is 45.8 Å². The average Bonchev–Trinajstić information content (AvgIpc) is 2.75. The number of benzene rings is 1. The number of nitrogens with one attached hydrogen (secondary N) is 1. The van der Waals surface area contributed by atoms with Crippen molar-refractivity contribution in [1.29, 1.82) is 0 Å². The van der Waals surface area contributed by atoms with Gasteiger partial charge in [-0.3, -0.25) is 9.59 Å². The second kappa shape index (κ2) is 9.33. The fourth-order valence-electron chi connectivity index (χ4n) is 3.85. The highest BCUT2D eigenvalue weighted by Gasteiger charge is 2.32. The van der Waals surface area contributed by atoms with E-state index in [0.29, 0.717) is 44.9 Å². The Balaban J connectivity index is 1.78. The van der Waals surface area contributed by atoms with Crippen molar-refractivity contribution in [1.82, 2.24) is 19.4 Å². The third-order valence-corrected chi connectivity index (χ3v) is 6.37. The lowest BCUT2D eigenvalue weighted by molar-refractivity contribution is 0.0653. The molecular formula is C23H22Cl3N5O2. The van der Waals surface area contributed by atoms with E-state index in [1.807, 2.05) is 20.8 Å². The Morgan fingerprint density at radius 3 is 2.58 bits per heavy atom. The predicted molar refractivity (Wildman–Crippen MR) is 131 cm³/mol. The molecule has 1 amide bonds. The highest BCUT2D eigenvalue weighted by molar-refractivity contribution is 6.42. The summed E-state index contributed by atoms with van der Waals surface area (Å²) in [5.41, 5.74) is 1.94. The average molecular weight is 507 g/mol. The maximum atomic E-state index is 13.6. The van der Waals surface area contributed by atoms with Crippen molar-refractivity contribution < 1.29 is 4.79 Å². The van der Waals surface area contributed by atoms with Crippen LogP contribution in [-0.4, -0.2) is 37.4 Å². The standard InChI is InChI=1S/C23H22Cl3N5O2/c1-12(2)28-23-29-19-11-30(21(32)14-4-5-17(24)18(25)9-14)13(3)8-16(19)22(33)31(23)15-6-7-27-20(26)10-15/h4-7,9-10,12-13H,8,11H2,1-3H3,(H,28,29)/t13-/m1/s1. The van der Waals surface area contributed by atoms with E-state index in [1.165, 1.54) is 4.57 Å². The number of rotatable bonds is 4. The van der Waals surface area contributed by atoms with Gasteiger partial charge in [-0.2, -0.15) is 0 Å². The minimum atomic E-state index is -0.215. The number of anilines is 1. The normalized spacial score (nSPS) is 15.5. The Morgan fingerprint density at radius 1 is 1.15 bits per heavy atom. The van der Waals surface area contributed by atoms with Crippen LogP contribution >= 0.6 is 34.8 Å². The Kier molecular flexibility index (Phi) is 6.66. The zero-order valence-electron chi connectivity index (χ0n) is 18.3. The van der Waals surface area contributed by atoms with Gasteiger partial charge < -0.3 is 10.2 Å². The summed E-state index contributed by atoms with van der Waals surface area (Å²) < 4.78 is 1.51. The first-order valence-corrected chi connectivity index (χ1v) is 11.6. The van der Waals surface area contributed by atoms with Crippen LogP contribution in [0.4, 0.5) is 5.95 Å². The van der Waals surface area contributed by atoms with Gasteiger partial charge in [-0.15, -0.1) is 0 Å². The van der Waals surface area contributed by atoms with Crippen LogP contribution in [-0.2, 0) is 13.0 Å². The van der Waals surface area contributed by atoms with E-state index in [0.717, 1.165) is 0 Å². The Morgan fingerprint density at radius 2 is 1.91 bits per heavy atom. The second-order valence-corrected chi connectivity index (χ2v) is 9.45. The summed E-state index contributed by atoms with van der Waals surface area (Å²) in [5.74, 6) is 0.185. The lowest BCUT2D eigenvalue weighted by Gasteiger charge is -2.34. The summed E-state index contributed by atoms with van der Waals surface area (Å²) in [5, 5.41) is 4.21. The molecule has 0 spiro atoms. The van der Waals surface area contributed by atoms with Crippen LogP contribution in [0, 0.1) is 0 Å². The smallest absolute Gasteiger partial charge is 0.263 e. The lowest BCUT2D eigenvalue weighted by Crippen LogP contribution is -2.46. The van der Waals surface area contributed by atoms with Crippen LogP contribution in [0.2, 0.25) is 15.2 Å². The number of pyridine rings is 1. The molecule has 10 heteroatoms. The fourth-order valence-corrected chi connectivity index (χ4v) is 4.32. The molecule has 0 saturated heterocycles. The van der Waals surface area contributed by atoms with E-state index in [4.69, 9.17) is 39.8 Å². The van der Waals surface area contributed by atoms with Crippen LogP contribution in [0.25, 0.3) is 5.69 Å². The van der Waals surface area contributed by atoms with Gasteiger partial charge in [-0.05, 0) is 57.5 Å². The number of hydrogen-bond acceptors (Lipinski definition) is 5. The molecule has 0 bridgehead atoms. The predicted octanol–water partition coefficient (Wildman–Crippen LogP) is 5.00. The number of carbonyl (C=O) groups is 1. The molecule has 3 heterocycles. The SMILES string of the molecule is CC(C)Nc1nc2c(c(=O)n1-c1ccnc(Cl)c1)C[C@@H](C)N(C(=O)c1ccc(Cl)c(Cl)c1)C2. The second-order valence-electron chi connectivity index (χ2n) is 8.25. The first kappa shape index (κ1) is 23.5. The maximum Gasteiger partial charge on any atom is 0.263 e. The zero-order chi connectivity index (χ0) is 23.9. The molecule has 0 unspecified atom stereocenters. The minimum absolute atomic E-state index is 0.0231. The van der Waals surface area contributed by atoms with Gasteiger partial charge in [0.25, 0.3) is 11.5 Å². The molecule has 0 fully saturated rings. The molecule has 1 aliphatic rings. The highest BCUT2D eigenvalue weighted by Crippen LogP contribution is 2.27. The molecule has 1 aromatic carbocycles. The van der Waals surface area contributed by atoms with Crippen LogP contribution in [0.1, 0.15) is 42.4 Å². The monoisotopic (exact) mass is 505 g/mol. The van der Waals surface area contributed by atoms with Gasteiger partial charge >= 0.3 is 0 Å². The molecule has 2 aromatic heterocycles. The van der Waals surface area contributed by atoms with Gasteiger partial charge in [0.2, 0.25) is 5.95 Å². The molecule has 3 aromatic rings. The molecule has 1 N–H and O–H groups in total. The molecule has 1 atom stereocenters. The number of nitrogens with zero attached hydrogens (tertiary/aromatic N) is 4. The number of halogens is 3. The topological polar surface area (TPSA) is 80.1 Å². The van der Waals surface area contributed by atoms with E-state index in [-0.39, 0.29) is 35.2 Å². The third-order valence-electron chi connectivity index (χ3n) is 5.43. The zero-order valence-corrected chi connectivity index (χ0v) is 20.5. The minimum Gasteiger partial charge on any atom is -0.353 e. The largest absolute Gasteiger partial charge is 0.353 e. The van der Waals surface area contributed by atoms with E-state index in [1.54, 1.807) is 41.4 Å². The molecule has 172 valence electrons. The quantitative estimate of drug-likeness (QED) is 0.504. The summed E-state index contributed by atoms with van der Waals surface area (Å²) >= 11 is 18.2. The summed E-state index contributed by atoms with van der Waals surface area (Å²) in [4.78, 5) is 37.3. The van der Waals surface area contributed by atoms with Crippen LogP contribution in [0.3, 0.4) is 0 Å². The summed E-state index contributed by atoms with van der Waals surface area (Å²) in [6.45, 7) is 6.02. The van der Waals surface area contributed by atoms with Crippen LogP contribution < -0.4 is 10.9 Å². The van der Waals surface area contributed by atoms with Gasteiger partial charge in [0.15, 0.2) is 0 Å². The fraction of sp³-hybridized carbons (Fsp3) is 0.304. The van der Waals surface area contributed by atoms with Crippen molar-refractivity contribution in [2.24, 2.45) is 0 Å². The van der Waals surface area contributed by atoms with Gasteiger partial charge in [0.05, 0.1) is 28.0 Å². The summed E-state index contributed by atoms with van der Waals surface area (Å²) in [6.07, 6.45) is 1.91. The first-order chi connectivity index (χ1) is 15.7. The number of carbonyl (C=O) groups excluding carboxylic acids is 1. The maximum absolute atomic E-state index is 13.6. The molecule has 33 heavy (non-hydrogen) atoms. The Hall–Kier alpha value is -2.61. The van der Waals surface area contributed by atoms with Crippen molar-refractivity contribution in [3.63, 3.8) is 0 Å². The molecular weight excluding hydrogens is 485 g/mol. The van der Waals surface area contributed by atoms with E-state index in [9.17, 15) is 9.59 Å². The molecule has 7 nitrogen and oxygen atoms in total. The number of fused-ring (bicyclic) bond motifs is 1. The van der Waals surface area contributed by atoms with E-state index in [2.05, 4.69) is 10.3 Å². The summed E-state index contributed by atoms with van der Waals surface area (Å²) in [7, 11) is 0. The van der Waals surface area contributed by atoms with Crippen molar-refractivity contribution >= 4 is 46.7 Å². The van der Waals surface area contributed by atoms with Crippen molar-refractivity contribution in [3.8, 4) is 5.69 Å². The van der Waals surface area contributed by atoms with Crippen LogP contribution in [0.15, 0.2) is 41.3 Å². The highest BCUT2D eigenvalue weighted by atomic mass is 35.5. The van der Waals surface area contributed by atoms with Gasteiger partial charge in [-0.1, -0.05) is 34.8 Å². The van der Waals surface area contributed by atoms with E-state index >= 15 is 0 Å². The van der Waals surface area contributed by atoms with Gasteiger partial charge in [0, 0.05) is 29.4 Å². The van der Waals surface area contributed by atoms with Crippen LogP contribution in [0.5, 0.6) is 0 Å². The molecule has 1 aliphatic heterocycles. The van der Waals surface area contributed by atoms with Gasteiger partial charge in [0.1, 0.15) is 5.15 Å². The van der Waals surface area contributed by atoms with Crippen molar-refractivity contribution in [3.05, 3.63) is 78.9 Å². The molecule has 0 saturated carbocycles. The number of aromatic nitrogens is 3. The molecule has 0 aliphatic carbocycles. The number of amides is 1. The van der Waals surface area contributed by atoms with E-state index < -0.39 is 0 Å². The summed E-state index contributed by atoms with van der Waals surface area (Å²) in [6, 6.07) is 7.93. The van der Waals surface area contributed by atoms with Gasteiger partial charge in [-0.25, -0.2) is 14.5 Å². The lowest BCUT2D eigenvalue weighted by atomic mass is 9.98.